The average Bonchev–Trinajstić information content (AvgIpc) is 3.16. The van der Waals surface area contributed by atoms with Gasteiger partial charge < -0.3 is 18.6 Å². The molecule has 0 aliphatic rings. The van der Waals surface area contributed by atoms with Crippen LogP contribution in [0.25, 0.3) is 22.3 Å². The molecule has 27 heavy (non-hydrogen) atoms. The lowest BCUT2D eigenvalue weighted by Crippen LogP contribution is -1.97. The summed E-state index contributed by atoms with van der Waals surface area (Å²) < 4.78 is 22.7. The number of ether oxygens (including phenoxy) is 3. The van der Waals surface area contributed by atoms with E-state index >= 15 is 0 Å². The summed E-state index contributed by atoms with van der Waals surface area (Å²) >= 11 is 0. The van der Waals surface area contributed by atoms with E-state index in [1.807, 2.05) is 72.8 Å². The quantitative estimate of drug-likeness (QED) is 0.442. The minimum absolute atomic E-state index is 0.487. The number of benzene rings is 3. The molecule has 4 heteroatoms. The third kappa shape index (κ3) is 3.60. The van der Waals surface area contributed by atoms with Gasteiger partial charge in [0.25, 0.3) is 0 Å². The first kappa shape index (κ1) is 17.0. The molecule has 4 aromatic rings. The summed E-state index contributed by atoms with van der Waals surface area (Å²) in [6, 6.07) is 23.6. The Morgan fingerprint density at radius 2 is 1.63 bits per heavy atom. The van der Waals surface area contributed by atoms with Gasteiger partial charge in [0.2, 0.25) is 0 Å². The number of fused-ring (bicyclic) bond motifs is 1. The molecule has 0 aliphatic carbocycles. The lowest BCUT2D eigenvalue weighted by Gasteiger charge is -2.11. The maximum Gasteiger partial charge on any atom is 0.161 e. The first-order valence-corrected chi connectivity index (χ1v) is 8.69. The number of methoxy groups -OCH3 is 2. The second-order valence-electron chi connectivity index (χ2n) is 6.15. The van der Waals surface area contributed by atoms with Crippen molar-refractivity contribution in [3.63, 3.8) is 0 Å². The SMILES string of the molecule is COc1ccc2cc(-c3ccc(OCc4ccccc4)c(OC)c3)oc2c1. The molecule has 3 aromatic carbocycles. The molecule has 0 N–H and O–H groups in total. The highest BCUT2D eigenvalue weighted by Crippen LogP contribution is 2.36. The van der Waals surface area contributed by atoms with Crippen LogP contribution < -0.4 is 14.2 Å². The van der Waals surface area contributed by atoms with Gasteiger partial charge in [-0.25, -0.2) is 0 Å². The Balaban J connectivity index is 1.60. The van der Waals surface area contributed by atoms with E-state index in [2.05, 4.69) is 0 Å². The van der Waals surface area contributed by atoms with Crippen molar-refractivity contribution in [1.82, 2.24) is 0 Å². The molecule has 0 unspecified atom stereocenters. The Morgan fingerprint density at radius 3 is 2.41 bits per heavy atom. The molecule has 0 aliphatic heterocycles. The van der Waals surface area contributed by atoms with Gasteiger partial charge in [-0.05, 0) is 42.0 Å². The second kappa shape index (κ2) is 7.46. The molecule has 1 aromatic heterocycles. The van der Waals surface area contributed by atoms with Crippen molar-refractivity contribution in [1.29, 1.82) is 0 Å². The van der Waals surface area contributed by atoms with Crippen LogP contribution in [-0.2, 0) is 6.61 Å². The van der Waals surface area contributed by atoms with Crippen LogP contribution in [0.5, 0.6) is 17.2 Å². The molecule has 1 heterocycles. The zero-order chi connectivity index (χ0) is 18.6. The van der Waals surface area contributed by atoms with Crippen LogP contribution in [0, 0.1) is 0 Å². The van der Waals surface area contributed by atoms with E-state index in [1.165, 1.54) is 0 Å². The van der Waals surface area contributed by atoms with Gasteiger partial charge in [0.15, 0.2) is 11.5 Å². The van der Waals surface area contributed by atoms with Crippen molar-refractivity contribution in [2.75, 3.05) is 14.2 Å². The van der Waals surface area contributed by atoms with Crippen LogP contribution in [0.4, 0.5) is 0 Å². The minimum atomic E-state index is 0.487. The fourth-order valence-corrected chi connectivity index (χ4v) is 2.96. The largest absolute Gasteiger partial charge is 0.497 e. The van der Waals surface area contributed by atoms with E-state index in [1.54, 1.807) is 14.2 Å². The van der Waals surface area contributed by atoms with Gasteiger partial charge in [0, 0.05) is 17.0 Å². The predicted octanol–water partition coefficient (Wildman–Crippen LogP) is 5.70. The molecule has 0 saturated heterocycles. The topological polar surface area (TPSA) is 40.8 Å². The Kier molecular flexibility index (Phi) is 4.71. The molecule has 0 amide bonds. The van der Waals surface area contributed by atoms with Crippen LogP contribution in [0.2, 0.25) is 0 Å². The van der Waals surface area contributed by atoms with Gasteiger partial charge in [-0.1, -0.05) is 30.3 Å². The Bertz CT molecular complexity index is 1050. The number of hydrogen-bond acceptors (Lipinski definition) is 4. The van der Waals surface area contributed by atoms with Crippen molar-refractivity contribution in [3.05, 3.63) is 78.4 Å². The maximum atomic E-state index is 5.99. The van der Waals surface area contributed by atoms with Crippen LogP contribution in [0.15, 0.2) is 77.2 Å². The van der Waals surface area contributed by atoms with E-state index in [-0.39, 0.29) is 0 Å². The van der Waals surface area contributed by atoms with E-state index < -0.39 is 0 Å². The van der Waals surface area contributed by atoms with Crippen molar-refractivity contribution in [3.8, 4) is 28.6 Å². The minimum Gasteiger partial charge on any atom is -0.497 e. The Hall–Kier alpha value is -3.40. The molecule has 0 fully saturated rings. The van der Waals surface area contributed by atoms with E-state index in [9.17, 15) is 0 Å². The summed E-state index contributed by atoms with van der Waals surface area (Å²) in [6.07, 6.45) is 0. The number of hydrogen-bond donors (Lipinski definition) is 0. The zero-order valence-corrected chi connectivity index (χ0v) is 15.3. The number of furan rings is 1. The maximum absolute atomic E-state index is 5.99. The highest BCUT2D eigenvalue weighted by atomic mass is 16.5. The van der Waals surface area contributed by atoms with Crippen LogP contribution in [-0.4, -0.2) is 14.2 Å². The summed E-state index contributed by atoms with van der Waals surface area (Å²) in [6.45, 7) is 0.487. The van der Waals surface area contributed by atoms with E-state index in [4.69, 9.17) is 18.6 Å². The molecule has 0 saturated carbocycles. The van der Waals surface area contributed by atoms with Gasteiger partial charge >= 0.3 is 0 Å². The van der Waals surface area contributed by atoms with E-state index in [0.29, 0.717) is 18.1 Å². The van der Waals surface area contributed by atoms with Crippen molar-refractivity contribution in [2.24, 2.45) is 0 Å². The third-order valence-electron chi connectivity index (χ3n) is 4.41. The van der Waals surface area contributed by atoms with Crippen LogP contribution in [0.3, 0.4) is 0 Å². The standard InChI is InChI=1S/C23H20O4/c1-24-19-10-8-17-12-21(27-22(17)14-19)18-9-11-20(23(13-18)25-2)26-15-16-6-4-3-5-7-16/h3-14H,15H2,1-2H3. The monoisotopic (exact) mass is 360 g/mol. The van der Waals surface area contributed by atoms with Crippen molar-refractivity contribution >= 4 is 11.0 Å². The van der Waals surface area contributed by atoms with Crippen LogP contribution in [0.1, 0.15) is 5.56 Å². The molecule has 4 rings (SSSR count). The molecule has 0 atom stereocenters. The third-order valence-corrected chi connectivity index (χ3v) is 4.41. The normalized spacial score (nSPS) is 10.7. The molecular weight excluding hydrogens is 340 g/mol. The fraction of sp³-hybridized carbons (Fsp3) is 0.130. The highest BCUT2D eigenvalue weighted by Gasteiger charge is 2.12. The smallest absolute Gasteiger partial charge is 0.161 e. The van der Waals surface area contributed by atoms with Gasteiger partial charge in [0.1, 0.15) is 23.7 Å². The van der Waals surface area contributed by atoms with Crippen molar-refractivity contribution in [2.45, 2.75) is 6.61 Å². The molecule has 0 bridgehead atoms. The summed E-state index contributed by atoms with van der Waals surface area (Å²) in [4.78, 5) is 0. The second-order valence-corrected chi connectivity index (χ2v) is 6.15. The fourth-order valence-electron chi connectivity index (χ4n) is 2.96. The highest BCUT2D eigenvalue weighted by molar-refractivity contribution is 5.84. The molecule has 4 nitrogen and oxygen atoms in total. The summed E-state index contributed by atoms with van der Waals surface area (Å²) in [5.41, 5.74) is 2.82. The summed E-state index contributed by atoms with van der Waals surface area (Å²) in [7, 11) is 3.28. The van der Waals surface area contributed by atoms with Gasteiger partial charge in [0.05, 0.1) is 14.2 Å². The van der Waals surface area contributed by atoms with Gasteiger partial charge in [-0.15, -0.1) is 0 Å². The molecule has 0 radical (unpaired) electrons. The molecular formula is C23H20O4. The van der Waals surface area contributed by atoms with Crippen molar-refractivity contribution < 1.29 is 18.6 Å². The van der Waals surface area contributed by atoms with Gasteiger partial charge in [-0.3, -0.25) is 0 Å². The lowest BCUT2D eigenvalue weighted by atomic mass is 10.1. The van der Waals surface area contributed by atoms with E-state index in [0.717, 1.165) is 33.6 Å². The Labute approximate surface area is 157 Å². The van der Waals surface area contributed by atoms with Gasteiger partial charge in [-0.2, -0.15) is 0 Å². The Morgan fingerprint density at radius 1 is 0.778 bits per heavy atom. The number of rotatable bonds is 6. The molecule has 136 valence electrons. The first-order valence-electron chi connectivity index (χ1n) is 8.69. The predicted molar refractivity (Wildman–Crippen MR) is 106 cm³/mol. The summed E-state index contributed by atoms with van der Waals surface area (Å²) in [5.74, 6) is 2.90. The first-order chi connectivity index (χ1) is 13.3. The zero-order valence-electron chi connectivity index (χ0n) is 15.3. The lowest BCUT2D eigenvalue weighted by molar-refractivity contribution is 0.284. The molecule has 0 spiro atoms. The van der Waals surface area contributed by atoms with Crippen LogP contribution >= 0.6 is 0 Å². The summed E-state index contributed by atoms with van der Waals surface area (Å²) in [5, 5.41) is 1.02. The average molecular weight is 360 g/mol.